The summed E-state index contributed by atoms with van der Waals surface area (Å²) in [5, 5.41) is 11.9. The van der Waals surface area contributed by atoms with Crippen molar-refractivity contribution in [3.05, 3.63) is 58.7 Å². The van der Waals surface area contributed by atoms with Crippen LogP contribution in [0.2, 0.25) is 5.15 Å². The van der Waals surface area contributed by atoms with Crippen LogP contribution in [0.5, 0.6) is 0 Å². The van der Waals surface area contributed by atoms with Crippen LogP contribution < -0.4 is 4.90 Å². The SMILES string of the molecule is CCN(C)[C@@H]1c2ccccc2C2(CCN(c3cccc(Cl)n3)CC2)[C@H]1O. The molecule has 1 aromatic heterocycles. The molecule has 2 aromatic rings. The molecule has 1 aromatic carbocycles. The molecule has 1 N–H and O–H groups in total. The molecule has 4 rings (SSSR count). The molecule has 1 spiro atoms. The van der Waals surface area contributed by atoms with Crippen LogP contribution in [0, 0.1) is 0 Å². The van der Waals surface area contributed by atoms with Crippen LogP contribution in [0.4, 0.5) is 5.82 Å². The van der Waals surface area contributed by atoms with Crippen LogP contribution in [0.1, 0.15) is 36.9 Å². The van der Waals surface area contributed by atoms with E-state index in [1.54, 1.807) is 6.07 Å². The molecule has 0 radical (unpaired) electrons. The number of pyridine rings is 1. The Morgan fingerprint density at radius 2 is 1.92 bits per heavy atom. The summed E-state index contributed by atoms with van der Waals surface area (Å²) in [4.78, 5) is 9.00. The van der Waals surface area contributed by atoms with Gasteiger partial charge in [0.05, 0.1) is 12.1 Å². The molecular formula is C21H26ClN3O. The molecule has 5 heteroatoms. The van der Waals surface area contributed by atoms with Gasteiger partial charge in [-0.2, -0.15) is 0 Å². The predicted molar refractivity (Wildman–Crippen MR) is 106 cm³/mol. The van der Waals surface area contributed by atoms with Gasteiger partial charge < -0.3 is 10.0 Å². The zero-order chi connectivity index (χ0) is 18.3. The summed E-state index contributed by atoms with van der Waals surface area (Å²) in [6.07, 6.45) is 1.47. The molecule has 0 unspecified atom stereocenters. The van der Waals surface area contributed by atoms with Gasteiger partial charge in [0.2, 0.25) is 0 Å². The van der Waals surface area contributed by atoms with Gasteiger partial charge in [-0.1, -0.05) is 48.9 Å². The van der Waals surface area contributed by atoms with E-state index < -0.39 is 0 Å². The second kappa shape index (κ2) is 6.84. The van der Waals surface area contributed by atoms with Crippen molar-refractivity contribution in [3.63, 3.8) is 0 Å². The fourth-order valence-corrected chi connectivity index (χ4v) is 4.95. The number of piperidine rings is 1. The average Bonchev–Trinajstić information content (AvgIpc) is 2.90. The van der Waals surface area contributed by atoms with E-state index in [-0.39, 0.29) is 17.6 Å². The highest BCUT2D eigenvalue weighted by Gasteiger charge is 2.53. The second-order valence-electron chi connectivity index (χ2n) is 7.51. The van der Waals surface area contributed by atoms with E-state index in [0.29, 0.717) is 5.15 Å². The van der Waals surface area contributed by atoms with Gasteiger partial charge in [0.25, 0.3) is 0 Å². The maximum Gasteiger partial charge on any atom is 0.131 e. The molecule has 4 nitrogen and oxygen atoms in total. The van der Waals surface area contributed by atoms with Crippen molar-refractivity contribution in [1.82, 2.24) is 9.88 Å². The van der Waals surface area contributed by atoms with Crippen molar-refractivity contribution in [1.29, 1.82) is 0 Å². The third kappa shape index (κ3) is 2.72. The van der Waals surface area contributed by atoms with E-state index in [1.165, 1.54) is 11.1 Å². The standard InChI is InChI=1S/C21H26ClN3O/c1-3-24(2)19-15-7-4-5-8-16(15)21(20(19)26)11-13-25(14-12-21)18-10-6-9-17(22)23-18/h4-10,19-20,26H,3,11-14H2,1-2H3/t19-,20+/m1/s1. The molecule has 138 valence electrons. The number of aliphatic hydroxyl groups is 1. The van der Waals surface area contributed by atoms with Gasteiger partial charge in [-0.15, -0.1) is 0 Å². The lowest BCUT2D eigenvalue weighted by Gasteiger charge is -2.44. The van der Waals surface area contributed by atoms with Gasteiger partial charge in [-0.05, 0) is 49.7 Å². The Hall–Kier alpha value is -1.62. The first kappa shape index (κ1) is 17.8. The van der Waals surface area contributed by atoms with E-state index in [1.807, 2.05) is 12.1 Å². The molecule has 0 bridgehead atoms. The van der Waals surface area contributed by atoms with Crippen molar-refractivity contribution < 1.29 is 5.11 Å². The molecule has 2 atom stereocenters. The molecule has 2 heterocycles. The first-order chi connectivity index (χ1) is 12.6. The Kier molecular flexibility index (Phi) is 4.68. The summed E-state index contributed by atoms with van der Waals surface area (Å²) in [6.45, 7) is 4.82. The van der Waals surface area contributed by atoms with Crippen LogP contribution in [0.3, 0.4) is 0 Å². The monoisotopic (exact) mass is 371 g/mol. The predicted octanol–water partition coefficient (Wildman–Crippen LogP) is 3.64. The highest BCUT2D eigenvalue weighted by molar-refractivity contribution is 6.29. The molecule has 2 aliphatic rings. The van der Waals surface area contributed by atoms with E-state index in [2.05, 4.69) is 53.0 Å². The van der Waals surface area contributed by atoms with Crippen LogP contribution >= 0.6 is 11.6 Å². The fourth-order valence-electron chi connectivity index (χ4n) is 4.79. The lowest BCUT2D eigenvalue weighted by Crippen LogP contribution is -2.49. The Balaban J connectivity index is 1.63. The van der Waals surface area contributed by atoms with Gasteiger partial charge >= 0.3 is 0 Å². The average molecular weight is 372 g/mol. The number of halogens is 1. The highest BCUT2D eigenvalue weighted by atomic mass is 35.5. The molecule has 1 aliphatic heterocycles. The minimum absolute atomic E-state index is 0.0760. The number of rotatable bonds is 3. The molecule has 1 saturated heterocycles. The minimum atomic E-state index is -0.376. The number of fused-ring (bicyclic) bond motifs is 2. The van der Waals surface area contributed by atoms with Crippen molar-refractivity contribution in [2.24, 2.45) is 0 Å². The number of nitrogens with zero attached hydrogens (tertiary/aromatic N) is 3. The molecular weight excluding hydrogens is 346 g/mol. The second-order valence-corrected chi connectivity index (χ2v) is 7.90. The number of aromatic nitrogens is 1. The summed E-state index contributed by atoms with van der Waals surface area (Å²) >= 11 is 6.06. The Labute approximate surface area is 160 Å². The third-order valence-electron chi connectivity index (χ3n) is 6.33. The van der Waals surface area contributed by atoms with Crippen LogP contribution in [-0.2, 0) is 5.41 Å². The van der Waals surface area contributed by atoms with Crippen molar-refractivity contribution in [2.45, 2.75) is 37.3 Å². The van der Waals surface area contributed by atoms with Crippen LogP contribution in [-0.4, -0.2) is 47.8 Å². The molecule has 26 heavy (non-hydrogen) atoms. The highest BCUT2D eigenvalue weighted by Crippen LogP contribution is 2.52. The number of benzene rings is 1. The van der Waals surface area contributed by atoms with Gasteiger partial charge in [0.1, 0.15) is 11.0 Å². The Morgan fingerprint density at radius 3 is 2.62 bits per heavy atom. The van der Waals surface area contributed by atoms with E-state index >= 15 is 0 Å². The maximum atomic E-state index is 11.4. The zero-order valence-electron chi connectivity index (χ0n) is 15.4. The number of aliphatic hydroxyl groups excluding tert-OH is 1. The van der Waals surface area contributed by atoms with Crippen molar-refractivity contribution in [2.75, 3.05) is 31.6 Å². The van der Waals surface area contributed by atoms with Gasteiger partial charge in [0, 0.05) is 18.5 Å². The molecule has 1 aliphatic carbocycles. The Bertz CT molecular complexity index is 788. The van der Waals surface area contributed by atoms with Crippen LogP contribution in [0.25, 0.3) is 0 Å². The number of likely N-dealkylation sites (N-methyl/N-ethyl adjacent to an activating group) is 1. The number of anilines is 1. The summed E-state index contributed by atoms with van der Waals surface area (Å²) < 4.78 is 0. The third-order valence-corrected chi connectivity index (χ3v) is 6.55. The quantitative estimate of drug-likeness (QED) is 0.836. The summed E-state index contributed by atoms with van der Waals surface area (Å²) in [5.41, 5.74) is 2.45. The first-order valence-corrected chi connectivity index (χ1v) is 9.80. The maximum absolute atomic E-state index is 11.4. The normalized spacial score (nSPS) is 24.3. The fraction of sp³-hybridized carbons (Fsp3) is 0.476. The molecule has 0 saturated carbocycles. The lowest BCUT2D eigenvalue weighted by atomic mass is 9.72. The van der Waals surface area contributed by atoms with Gasteiger partial charge in [0.15, 0.2) is 0 Å². The zero-order valence-corrected chi connectivity index (χ0v) is 16.2. The van der Waals surface area contributed by atoms with Gasteiger partial charge in [-0.25, -0.2) is 4.98 Å². The van der Waals surface area contributed by atoms with Gasteiger partial charge in [-0.3, -0.25) is 4.90 Å². The number of hydrogen-bond acceptors (Lipinski definition) is 4. The summed E-state index contributed by atoms with van der Waals surface area (Å²) in [5.74, 6) is 0.926. The van der Waals surface area contributed by atoms with Crippen molar-refractivity contribution in [3.8, 4) is 0 Å². The van der Waals surface area contributed by atoms with E-state index in [0.717, 1.165) is 38.3 Å². The number of hydrogen-bond donors (Lipinski definition) is 1. The van der Waals surface area contributed by atoms with Crippen molar-refractivity contribution >= 4 is 17.4 Å². The first-order valence-electron chi connectivity index (χ1n) is 9.42. The largest absolute Gasteiger partial charge is 0.390 e. The Morgan fingerprint density at radius 1 is 1.19 bits per heavy atom. The topological polar surface area (TPSA) is 39.6 Å². The minimum Gasteiger partial charge on any atom is -0.390 e. The smallest absolute Gasteiger partial charge is 0.131 e. The molecule has 1 fully saturated rings. The molecule has 0 amide bonds. The van der Waals surface area contributed by atoms with E-state index in [9.17, 15) is 5.11 Å². The van der Waals surface area contributed by atoms with Crippen LogP contribution in [0.15, 0.2) is 42.5 Å². The summed E-state index contributed by atoms with van der Waals surface area (Å²) in [7, 11) is 2.11. The summed E-state index contributed by atoms with van der Waals surface area (Å²) in [6, 6.07) is 14.4. The van der Waals surface area contributed by atoms with E-state index in [4.69, 9.17) is 11.6 Å². The lowest BCUT2D eigenvalue weighted by molar-refractivity contribution is 0.0105.